The molecular weight excluding hydrogens is 248 g/mol. The van der Waals surface area contributed by atoms with Crippen LogP contribution in [0.3, 0.4) is 0 Å². The van der Waals surface area contributed by atoms with E-state index in [4.69, 9.17) is 9.88 Å². The van der Waals surface area contributed by atoms with Gasteiger partial charge in [0.2, 0.25) is 0 Å². The van der Waals surface area contributed by atoms with E-state index in [0.29, 0.717) is 0 Å². The van der Waals surface area contributed by atoms with Crippen molar-refractivity contribution in [1.82, 2.24) is 0 Å². The molecule has 0 aromatic rings. The van der Waals surface area contributed by atoms with Gasteiger partial charge < -0.3 is 9.29 Å². The highest BCUT2D eigenvalue weighted by Crippen LogP contribution is 2.30. The normalized spacial score (nSPS) is 16.5. The second-order valence-electron chi connectivity index (χ2n) is 5.01. The number of nitrogens with two attached hydrogens (primary N) is 1. The second kappa shape index (κ2) is 5.65. The summed E-state index contributed by atoms with van der Waals surface area (Å²) in [6, 6.07) is 0. The molecule has 102 valence electrons. The van der Waals surface area contributed by atoms with Crippen LogP contribution in [0.5, 0.6) is 0 Å². The molecule has 6 heteroatoms. The van der Waals surface area contributed by atoms with Crippen LogP contribution < -0.4 is 5.14 Å². The first-order valence-corrected chi connectivity index (χ1v) is 6.47. The second-order valence-corrected chi connectivity index (χ2v) is 6.66. The third-order valence-electron chi connectivity index (χ3n) is 2.64. The van der Waals surface area contributed by atoms with Crippen molar-refractivity contribution in [3.8, 4) is 0 Å². The van der Waals surface area contributed by atoms with E-state index in [-0.39, 0.29) is 6.61 Å². The van der Waals surface area contributed by atoms with Gasteiger partial charge in [-0.2, -0.15) is 5.14 Å². The number of ether oxygens (including phenoxy) is 1. The number of halogens is 2. The Morgan fingerprint density at radius 1 is 1.24 bits per heavy atom. The molecule has 0 aromatic carbocycles. The zero-order chi connectivity index (χ0) is 13.9. The van der Waals surface area contributed by atoms with Crippen LogP contribution in [0.2, 0.25) is 0 Å². The van der Waals surface area contributed by atoms with Crippen LogP contribution in [0.15, 0.2) is 12.2 Å². The predicted octanol–water partition coefficient (Wildman–Crippen LogP) is 2.39. The number of alkyl halides is 2. The van der Waals surface area contributed by atoms with Gasteiger partial charge in [-0.05, 0) is 33.8 Å². The minimum atomic E-state index is -2.92. The molecule has 0 fully saturated rings. The van der Waals surface area contributed by atoms with E-state index in [0.717, 1.165) is 6.92 Å². The van der Waals surface area contributed by atoms with Crippen LogP contribution >= 0.6 is 0 Å². The van der Waals surface area contributed by atoms with Crippen LogP contribution in [-0.2, 0) is 16.1 Å². The summed E-state index contributed by atoms with van der Waals surface area (Å²) in [5.74, 6) is -2.92. The molecule has 0 rings (SSSR count). The molecule has 0 heterocycles. The molecule has 17 heavy (non-hydrogen) atoms. The minimum absolute atomic E-state index is 0.0249. The van der Waals surface area contributed by atoms with Gasteiger partial charge in [-0.3, -0.25) is 0 Å². The van der Waals surface area contributed by atoms with E-state index in [1.807, 2.05) is 0 Å². The van der Waals surface area contributed by atoms with Crippen molar-refractivity contribution in [2.75, 3.05) is 6.61 Å². The van der Waals surface area contributed by atoms with Crippen molar-refractivity contribution in [3.05, 3.63) is 12.2 Å². The fraction of sp³-hybridized carbons (Fsp3) is 0.818. The standard InChI is InChI=1S/C11H21F2NO2S/c1-9(2,17(14)15)7-6-8-16-10(3,4)11(5,12)13/h6-7H,8,14H2,1-5H3. The number of hydrogen-bond acceptors (Lipinski definition) is 3. The van der Waals surface area contributed by atoms with Crippen molar-refractivity contribution in [2.24, 2.45) is 5.14 Å². The fourth-order valence-electron chi connectivity index (χ4n) is 0.782. The summed E-state index contributed by atoms with van der Waals surface area (Å²) in [5.41, 5.74) is -1.54. The van der Waals surface area contributed by atoms with Crippen LogP contribution in [0, 0.1) is 0 Å². The predicted molar refractivity (Wildman–Crippen MR) is 66.2 cm³/mol. The first-order chi connectivity index (χ1) is 7.40. The highest BCUT2D eigenvalue weighted by molar-refractivity contribution is 7.90. The van der Waals surface area contributed by atoms with E-state index in [9.17, 15) is 13.3 Å². The van der Waals surface area contributed by atoms with Gasteiger partial charge in [0.25, 0.3) is 5.92 Å². The Kier molecular flexibility index (Phi) is 5.59. The maximum absolute atomic E-state index is 13.1. The quantitative estimate of drug-likeness (QED) is 0.595. The van der Waals surface area contributed by atoms with Crippen LogP contribution in [-0.4, -0.2) is 27.4 Å². The third kappa shape index (κ3) is 5.33. The Bertz CT molecular complexity index is 273. The van der Waals surface area contributed by atoms with Crippen LogP contribution in [0.4, 0.5) is 8.78 Å². The van der Waals surface area contributed by atoms with Gasteiger partial charge in [-0.1, -0.05) is 6.08 Å². The molecule has 0 aliphatic rings. The molecule has 1 atom stereocenters. The average Bonchev–Trinajstić information content (AvgIpc) is 2.10. The molecule has 0 saturated heterocycles. The van der Waals surface area contributed by atoms with Gasteiger partial charge >= 0.3 is 0 Å². The molecule has 0 aromatic heterocycles. The Morgan fingerprint density at radius 2 is 1.71 bits per heavy atom. The molecule has 1 unspecified atom stereocenters. The summed E-state index contributed by atoms with van der Waals surface area (Å²) in [6.07, 6.45) is 3.16. The van der Waals surface area contributed by atoms with E-state index >= 15 is 0 Å². The lowest BCUT2D eigenvalue weighted by Gasteiger charge is -2.31. The van der Waals surface area contributed by atoms with Crippen molar-refractivity contribution in [3.63, 3.8) is 0 Å². The molecule has 3 nitrogen and oxygen atoms in total. The molecule has 2 N–H and O–H groups in total. The summed E-state index contributed by atoms with van der Waals surface area (Å²) in [7, 11) is 0. The van der Waals surface area contributed by atoms with Crippen LogP contribution in [0.25, 0.3) is 0 Å². The van der Waals surface area contributed by atoms with Gasteiger partial charge in [0.05, 0.1) is 6.61 Å². The molecule has 0 saturated carbocycles. The first kappa shape index (κ1) is 16.8. The fourth-order valence-corrected chi connectivity index (χ4v) is 1.01. The first-order valence-electron chi connectivity index (χ1n) is 5.26. The molecule has 0 aliphatic carbocycles. The maximum Gasteiger partial charge on any atom is 0.273 e. The van der Waals surface area contributed by atoms with E-state index < -0.39 is 27.6 Å². The summed E-state index contributed by atoms with van der Waals surface area (Å²) in [4.78, 5) is 0. The molecule has 0 amide bonds. The lowest BCUT2D eigenvalue weighted by atomic mass is 10.0. The van der Waals surface area contributed by atoms with Gasteiger partial charge in [-0.25, -0.2) is 8.78 Å². The minimum Gasteiger partial charge on any atom is -0.598 e. The summed E-state index contributed by atoms with van der Waals surface area (Å²) < 4.78 is 41.6. The Morgan fingerprint density at radius 3 is 2.06 bits per heavy atom. The summed E-state index contributed by atoms with van der Waals surface area (Å²) >= 11 is -1.51. The zero-order valence-corrected chi connectivity index (χ0v) is 11.7. The molecule has 0 bridgehead atoms. The molecule has 0 spiro atoms. The summed E-state index contributed by atoms with van der Waals surface area (Å²) in [6.45, 7) is 6.88. The SMILES string of the molecule is CC(C)(C=CCOC(C)(C)C(C)(F)F)[S+](N)[O-]. The lowest BCUT2D eigenvalue weighted by Crippen LogP contribution is -2.43. The molecule has 0 radical (unpaired) electrons. The van der Waals surface area contributed by atoms with Crippen molar-refractivity contribution >= 4 is 11.4 Å². The molecular formula is C11H21F2NO2S. The third-order valence-corrected chi connectivity index (χ3v) is 3.81. The Balaban J connectivity index is 4.30. The lowest BCUT2D eigenvalue weighted by molar-refractivity contribution is -0.174. The zero-order valence-electron chi connectivity index (χ0n) is 10.9. The monoisotopic (exact) mass is 269 g/mol. The van der Waals surface area contributed by atoms with Crippen LogP contribution in [0.1, 0.15) is 34.6 Å². The maximum atomic E-state index is 13.1. The number of hydrogen-bond donors (Lipinski definition) is 1. The highest BCUT2D eigenvalue weighted by atomic mass is 32.2. The van der Waals surface area contributed by atoms with Crippen molar-refractivity contribution in [1.29, 1.82) is 0 Å². The van der Waals surface area contributed by atoms with E-state index in [1.165, 1.54) is 13.8 Å². The Hall–Kier alpha value is -0.170. The Labute approximate surface area is 105 Å². The average molecular weight is 269 g/mol. The van der Waals surface area contributed by atoms with Gasteiger partial charge in [-0.15, -0.1) is 0 Å². The van der Waals surface area contributed by atoms with Gasteiger partial charge in [0, 0.05) is 18.3 Å². The van der Waals surface area contributed by atoms with Gasteiger partial charge in [0.15, 0.2) is 4.75 Å². The van der Waals surface area contributed by atoms with Gasteiger partial charge in [0.1, 0.15) is 5.60 Å². The largest absolute Gasteiger partial charge is 0.598 e. The number of rotatable bonds is 6. The topological polar surface area (TPSA) is 58.3 Å². The van der Waals surface area contributed by atoms with E-state index in [1.54, 1.807) is 26.0 Å². The molecule has 0 aliphatic heterocycles. The summed E-state index contributed by atoms with van der Waals surface area (Å²) in [5, 5.41) is 5.27. The van der Waals surface area contributed by atoms with Crippen molar-refractivity contribution in [2.45, 2.75) is 50.9 Å². The smallest absolute Gasteiger partial charge is 0.273 e. The van der Waals surface area contributed by atoms with E-state index in [2.05, 4.69) is 0 Å². The van der Waals surface area contributed by atoms with Crippen molar-refractivity contribution < 1.29 is 18.1 Å². The highest BCUT2D eigenvalue weighted by Gasteiger charge is 2.42.